The Balaban J connectivity index is 1.49. The van der Waals surface area contributed by atoms with Crippen molar-refractivity contribution in [3.63, 3.8) is 0 Å². The van der Waals surface area contributed by atoms with E-state index in [0.29, 0.717) is 6.61 Å². The van der Waals surface area contributed by atoms with E-state index in [9.17, 15) is 4.79 Å². The Kier molecular flexibility index (Phi) is 4.31. The summed E-state index contributed by atoms with van der Waals surface area (Å²) in [6.45, 7) is 0.487. The summed E-state index contributed by atoms with van der Waals surface area (Å²) >= 11 is 0. The van der Waals surface area contributed by atoms with E-state index in [0.717, 1.165) is 18.4 Å². The fraction of sp³-hybridized carbons (Fsp3) is 0.278. The van der Waals surface area contributed by atoms with Gasteiger partial charge in [-0.15, -0.1) is 0 Å². The van der Waals surface area contributed by atoms with Gasteiger partial charge >= 0.3 is 0 Å². The summed E-state index contributed by atoms with van der Waals surface area (Å²) in [5, 5.41) is 2.94. The summed E-state index contributed by atoms with van der Waals surface area (Å²) in [5.74, 6) is 0.00370. The highest BCUT2D eigenvalue weighted by Crippen LogP contribution is 2.18. The average molecular weight is 281 g/mol. The zero-order chi connectivity index (χ0) is 14.5. The third-order valence-electron chi connectivity index (χ3n) is 3.81. The molecule has 1 amide bonds. The third-order valence-corrected chi connectivity index (χ3v) is 3.81. The summed E-state index contributed by atoms with van der Waals surface area (Å²) in [7, 11) is 0. The van der Waals surface area contributed by atoms with E-state index < -0.39 is 0 Å². The molecule has 3 heteroatoms. The van der Waals surface area contributed by atoms with E-state index in [2.05, 4.69) is 17.4 Å². The van der Waals surface area contributed by atoms with Crippen LogP contribution in [0.4, 0.5) is 0 Å². The van der Waals surface area contributed by atoms with E-state index in [1.807, 2.05) is 48.5 Å². The van der Waals surface area contributed by atoms with Gasteiger partial charge in [-0.2, -0.15) is 0 Å². The molecule has 2 aromatic carbocycles. The Morgan fingerprint density at radius 2 is 1.52 bits per heavy atom. The lowest BCUT2D eigenvalue weighted by molar-refractivity contribution is -0.149. The fourth-order valence-electron chi connectivity index (χ4n) is 2.57. The van der Waals surface area contributed by atoms with Crippen molar-refractivity contribution in [1.82, 2.24) is 5.32 Å². The highest BCUT2D eigenvalue weighted by molar-refractivity contribution is 5.88. The fourth-order valence-corrected chi connectivity index (χ4v) is 2.57. The zero-order valence-corrected chi connectivity index (χ0v) is 11.9. The predicted octanol–water partition coefficient (Wildman–Crippen LogP) is 2.70. The van der Waals surface area contributed by atoms with Crippen molar-refractivity contribution in [3.8, 4) is 0 Å². The van der Waals surface area contributed by atoms with Crippen LogP contribution in [0.5, 0.6) is 0 Å². The molecule has 1 N–H and O–H groups in total. The van der Waals surface area contributed by atoms with Crippen LogP contribution in [0, 0.1) is 0 Å². The minimum atomic E-state index is -0.311. The average Bonchev–Trinajstić information content (AvgIpc) is 2.53. The smallest absolute Gasteiger partial charge is 0.251 e. The van der Waals surface area contributed by atoms with E-state index in [1.165, 1.54) is 5.56 Å². The Morgan fingerprint density at radius 1 is 0.905 bits per heavy atom. The molecule has 2 atom stereocenters. The first kappa shape index (κ1) is 13.8. The van der Waals surface area contributed by atoms with E-state index in [1.54, 1.807) is 0 Å². The number of ether oxygens (including phenoxy) is 1. The van der Waals surface area contributed by atoms with Gasteiger partial charge in [0.25, 0.3) is 5.91 Å². The molecule has 0 aliphatic carbocycles. The number of hydrogen-bond donors (Lipinski definition) is 1. The first-order valence-electron chi connectivity index (χ1n) is 7.33. The number of β-lactam (4-membered cyclic amide) rings is 1. The Morgan fingerprint density at radius 3 is 2.14 bits per heavy atom. The second-order valence-electron chi connectivity index (χ2n) is 5.36. The molecule has 1 unspecified atom stereocenters. The van der Waals surface area contributed by atoms with Crippen LogP contribution in [0.2, 0.25) is 0 Å². The molecule has 1 aliphatic heterocycles. The molecule has 1 saturated heterocycles. The third kappa shape index (κ3) is 3.50. The van der Waals surface area contributed by atoms with Crippen LogP contribution >= 0.6 is 0 Å². The lowest BCUT2D eigenvalue weighted by Crippen LogP contribution is -2.63. The highest BCUT2D eigenvalue weighted by Gasteiger charge is 2.39. The molecule has 1 heterocycles. The molecule has 0 saturated carbocycles. The van der Waals surface area contributed by atoms with Gasteiger partial charge in [0.1, 0.15) is 0 Å². The maximum atomic E-state index is 11.6. The second kappa shape index (κ2) is 6.55. The van der Waals surface area contributed by atoms with Crippen molar-refractivity contribution in [2.45, 2.75) is 31.6 Å². The van der Waals surface area contributed by atoms with Crippen molar-refractivity contribution in [2.24, 2.45) is 0 Å². The molecule has 3 rings (SSSR count). The van der Waals surface area contributed by atoms with Crippen molar-refractivity contribution in [1.29, 1.82) is 0 Å². The minimum Gasteiger partial charge on any atom is -0.362 e. The van der Waals surface area contributed by atoms with Gasteiger partial charge < -0.3 is 10.1 Å². The summed E-state index contributed by atoms with van der Waals surface area (Å²) in [5.41, 5.74) is 2.39. The predicted molar refractivity (Wildman–Crippen MR) is 81.7 cm³/mol. The van der Waals surface area contributed by atoms with Crippen LogP contribution in [-0.2, 0) is 22.6 Å². The first-order chi connectivity index (χ1) is 10.3. The molecular formula is C18H19NO2. The van der Waals surface area contributed by atoms with Gasteiger partial charge in [-0.3, -0.25) is 4.79 Å². The van der Waals surface area contributed by atoms with Crippen LogP contribution in [0.3, 0.4) is 0 Å². The van der Waals surface area contributed by atoms with Gasteiger partial charge in [0.15, 0.2) is 6.10 Å². The normalized spacial score (nSPS) is 20.7. The number of hydrogen-bond acceptors (Lipinski definition) is 2. The van der Waals surface area contributed by atoms with E-state index in [-0.39, 0.29) is 18.1 Å². The van der Waals surface area contributed by atoms with Gasteiger partial charge in [0.05, 0.1) is 12.6 Å². The van der Waals surface area contributed by atoms with Gasteiger partial charge in [-0.05, 0) is 24.0 Å². The summed E-state index contributed by atoms with van der Waals surface area (Å²) < 4.78 is 5.77. The largest absolute Gasteiger partial charge is 0.362 e. The van der Waals surface area contributed by atoms with E-state index in [4.69, 9.17) is 4.74 Å². The quantitative estimate of drug-likeness (QED) is 0.827. The van der Waals surface area contributed by atoms with Gasteiger partial charge in [-0.25, -0.2) is 0 Å². The number of benzene rings is 2. The van der Waals surface area contributed by atoms with Crippen molar-refractivity contribution < 1.29 is 9.53 Å². The number of carbonyl (C=O) groups is 1. The Labute approximate surface area is 124 Å². The second-order valence-corrected chi connectivity index (χ2v) is 5.36. The molecule has 108 valence electrons. The maximum Gasteiger partial charge on any atom is 0.251 e. The van der Waals surface area contributed by atoms with Crippen molar-refractivity contribution in [2.75, 3.05) is 0 Å². The molecule has 0 aromatic heterocycles. The molecule has 0 radical (unpaired) electrons. The number of nitrogens with one attached hydrogen (secondary N) is 1. The summed E-state index contributed by atoms with van der Waals surface area (Å²) in [6.07, 6.45) is 1.56. The lowest BCUT2D eigenvalue weighted by atomic mass is 9.94. The SMILES string of the molecule is O=C1N[C@H](CCc2ccccc2)C1OCc1ccccc1. The molecule has 1 aliphatic rings. The molecule has 2 aromatic rings. The number of aryl methyl sites for hydroxylation is 1. The van der Waals surface area contributed by atoms with Gasteiger partial charge in [-0.1, -0.05) is 60.7 Å². The van der Waals surface area contributed by atoms with E-state index >= 15 is 0 Å². The van der Waals surface area contributed by atoms with Gasteiger partial charge in [0, 0.05) is 0 Å². The topological polar surface area (TPSA) is 38.3 Å². The van der Waals surface area contributed by atoms with Crippen LogP contribution < -0.4 is 5.32 Å². The molecule has 0 spiro atoms. The summed E-state index contributed by atoms with van der Waals surface area (Å²) in [6, 6.07) is 20.4. The van der Waals surface area contributed by atoms with Crippen LogP contribution in [0.1, 0.15) is 17.5 Å². The molecular weight excluding hydrogens is 262 g/mol. The minimum absolute atomic E-state index is 0.00370. The molecule has 1 fully saturated rings. The van der Waals surface area contributed by atoms with Gasteiger partial charge in [0.2, 0.25) is 0 Å². The number of amides is 1. The van der Waals surface area contributed by atoms with Crippen molar-refractivity contribution >= 4 is 5.91 Å². The monoisotopic (exact) mass is 281 g/mol. The highest BCUT2D eigenvalue weighted by atomic mass is 16.5. The lowest BCUT2D eigenvalue weighted by Gasteiger charge is -2.36. The zero-order valence-electron chi connectivity index (χ0n) is 11.9. The maximum absolute atomic E-state index is 11.6. The van der Waals surface area contributed by atoms with Crippen LogP contribution in [-0.4, -0.2) is 18.1 Å². The Bertz CT molecular complexity index is 583. The Hall–Kier alpha value is -2.13. The molecule has 0 bridgehead atoms. The molecule has 21 heavy (non-hydrogen) atoms. The molecule has 3 nitrogen and oxygen atoms in total. The number of carbonyl (C=O) groups excluding carboxylic acids is 1. The number of rotatable bonds is 6. The summed E-state index contributed by atoms with van der Waals surface area (Å²) in [4.78, 5) is 11.6. The van der Waals surface area contributed by atoms with Crippen LogP contribution in [0.15, 0.2) is 60.7 Å². The standard InChI is InChI=1S/C18H19NO2/c20-18-17(21-13-15-9-5-2-6-10-15)16(19-18)12-11-14-7-3-1-4-8-14/h1-10,16-17H,11-13H2,(H,19,20)/t16-,17?/m1/s1. The first-order valence-corrected chi connectivity index (χ1v) is 7.33. The van der Waals surface area contributed by atoms with Crippen LogP contribution in [0.25, 0.3) is 0 Å². The van der Waals surface area contributed by atoms with Crippen molar-refractivity contribution in [3.05, 3.63) is 71.8 Å².